The van der Waals surface area contributed by atoms with Crippen molar-refractivity contribution < 1.29 is 23.8 Å². The molecule has 3 amide bonds. The molecule has 2 aromatic rings. The van der Waals surface area contributed by atoms with E-state index in [1.54, 1.807) is 43.5 Å². The second-order valence-electron chi connectivity index (χ2n) is 6.99. The number of methoxy groups -OCH3 is 2. The highest BCUT2D eigenvalue weighted by Gasteiger charge is 2.32. The predicted molar refractivity (Wildman–Crippen MR) is 107 cm³/mol. The topological polar surface area (TPSA) is 97.9 Å². The number of urea groups is 1. The molecule has 1 aliphatic heterocycles. The molecule has 0 unspecified atom stereocenters. The first-order valence-electron chi connectivity index (χ1n) is 8.71. The lowest BCUT2D eigenvalue weighted by atomic mass is 9.94. The van der Waals surface area contributed by atoms with Crippen LogP contribution in [0.1, 0.15) is 13.8 Å². The standard InChI is InChI=1S/C20H23N3O5/c1-20(2)11-28-15-7-5-12(9-14(15)23-18(20)24)21-19(25)22-13-6-8-16(26-3)17(10-13)27-4/h5-10H,11H2,1-4H3,(H,23,24)(H2,21,22,25). The molecule has 0 bridgehead atoms. The fourth-order valence-corrected chi connectivity index (χ4v) is 2.65. The highest BCUT2D eigenvalue weighted by atomic mass is 16.5. The van der Waals surface area contributed by atoms with Crippen molar-refractivity contribution in [3.8, 4) is 17.2 Å². The summed E-state index contributed by atoms with van der Waals surface area (Å²) in [5.74, 6) is 1.49. The maximum absolute atomic E-state index is 12.3. The van der Waals surface area contributed by atoms with Crippen LogP contribution in [0.4, 0.5) is 21.9 Å². The summed E-state index contributed by atoms with van der Waals surface area (Å²) in [6.45, 7) is 3.90. The minimum Gasteiger partial charge on any atom is -0.493 e. The average Bonchev–Trinajstić information content (AvgIpc) is 2.77. The Balaban J connectivity index is 1.71. The number of nitrogens with one attached hydrogen (secondary N) is 3. The number of fused-ring (bicyclic) bond motifs is 1. The zero-order valence-electron chi connectivity index (χ0n) is 16.2. The van der Waals surface area contributed by atoms with E-state index in [1.807, 2.05) is 13.8 Å². The van der Waals surface area contributed by atoms with Gasteiger partial charge in [-0.05, 0) is 44.2 Å². The van der Waals surface area contributed by atoms with E-state index in [9.17, 15) is 9.59 Å². The van der Waals surface area contributed by atoms with Crippen LogP contribution < -0.4 is 30.2 Å². The number of hydrogen-bond acceptors (Lipinski definition) is 5. The van der Waals surface area contributed by atoms with Gasteiger partial charge in [0.2, 0.25) is 5.91 Å². The molecule has 0 radical (unpaired) electrons. The summed E-state index contributed by atoms with van der Waals surface area (Å²) in [7, 11) is 3.06. The molecule has 3 rings (SSSR count). The molecule has 1 aliphatic rings. The lowest BCUT2D eigenvalue weighted by Crippen LogP contribution is -2.33. The minimum atomic E-state index is -0.641. The summed E-state index contributed by atoms with van der Waals surface area (Å²) in [5, 5.41) is 8.30. The van der Waals surface area contributed by atoms with Crippen LogP contribution in [-0.4, -0.2) is 32.8 Å². The van der Waals surface area contributed by atoms with Crippen LogP contribution in [0.3, 0.4) is 0 Å². The third-order valence-corrected chi connectivity index (χ3v) is 4.33. The van der Waals surface area contributed by atoms with Crippen molar-refractivity contribution in [3.63, 3.8) is 0 Å². The van der Waals surface area contributed by atoms with E-state index in [1.165, 1.54) is 7.11 Å². The number of hydrogen-bond donors (Lipinski definition) is 3. The van der Waals surface area contributed by atoms with Crippen LogP contribution in [0.25, 0.3) is 0 Å². The number of anilines is 3. The molecule has 0 aromatic heterocycles. The molecule has 2 aromatic carbocycles. The van der Waals surface area contributed by atoms with Gasteiger partial charge in [0, 0.05) is 17.4 Å². The predicted octanol–water partition coefficient (Wildman–Crippen LogP) is 3.70. The average molecular weight is 385 g/mol. The lowest BCUT2D eigenvalue weighted by Gasteiger charge is -2.18. The Morgan fingerprint density at radius 2 is 1.68 bits per heavy atom. The molecule has 0 saturated heterocycles. The van der Waals surface area contributed by atoms with Gasteiger partial charge in [-0.15, -0.1) is 0 Å². The largest absolute Gasteiger partial charge is 0.493 e. The quantitative estimate of drug-likeness (QED) is 0.745. The third kappa shape index (κ3) is 4.11. The van der Waals surface area contributed by atoms with Gasteiger partial charge in [-0.1, -0.05) is 0 Å². The van der Waals surface area contributed by atoms with Gasteiger partial charge in [-0.2, -0.15) is 0 Å². The Morgan fingerprint density at radius 3 is 2.36 bits per heavy atom. The highest BCUT2D eigenvalue weighted by molar-refractivity contribution is 6.01. The summed E-state index contributed by atoms with van der Waals surface area (Å²) >= 11 is 0. The molecule has 8 nitrogen and oxygen atoms in total. The van der Waals surface area contributed by atoms with Crippen molar-refractivity contribution in [3.05, 3.63) is 36.4 Å². The van der Waals surface area contributed by atoms with Crippen LogP contribution >= 0.6 is 0 Å². The third-order valence-electron chi connectivity index (χ3n) is 4.33. The molecular formula is C20H23N3O5. The number of benzene rings is 2. The van der Waals surface area contributed by atoms with E-state index in [0.29, 0.717) is 34.3 Å². The summed E-state index contributed by atoms with van der Waals surface area (Å²) < 4.78 is 16.1. The van der Waals surface area contributed by atoms with Crippen molar-refractivity contribution in [2.45, 2.75) is 13.8 Å². The zero-order valence-corrected chi connectivity index (χ0v) is 16.2. The zero-order chi connectivity index (χ0) is 20.3. The molecule has 148 valence electrons. The molecule has 3 N–H and O–H groups in total. The smallest absolute Gasteiger partial charge is 0.323 e. The number of ether oxygens (including phenoxy) is 3. The van der Waals surface area contributed by atoms with E-state index >= 15 is 0 Å². The molecule has 0 saturated carbocycles. The van der Waals surface area contributed by atoms with Gasteiger partial charge in [0.05, 0.1) is 25.3 Å². The van der Waals surface area contributed by atoms with Gasteiger partial charge in [-0.25, -0.2) is 4.79 Å². The maximum atomic E-state index is 12.3. The van der Waals surface area contributed by atoms with Crippen LogP contribution in [0.5, 0.6) is 17.2 Å². The van der Waals surface area contributed by atoms with Gasteiger partial charge >= 0.3 is 6.03 Å². The molecule has 28 heavy (non-hydrogen) atoms. The SMILES string of the molecule is COc1ccc(NC(=O)Nc2ccc3c(c2)NC(=O)C(C)(C)CO3)cc1OC. The van der Waals surface area contributed by atoms with Crippen LogP contribution in [0, 0.1) is 5.41 Å². The first-order chi connectivity index (χ1) is 13.3. The Kier molecular flexibility index (Phi) is 5.30. The number of amides is 3. The molecule has 8 heteroatoms. The lowest BCUT2D eigenvalue weighted by molar-refractivity contribution is -0.124. The Hall–Kier alpha value is -3.42. The number of carbonyl (C=O) groups is 2. The van der Waals surface area contributed by atoms with Gasteiger partial charge < -0.3 is 30.2 Å². The molecule has 0 atom stereocenters. The van der Waals surface area contributed by atoms with Crippen molar-refractivity contribution in [1.82, 2.24) is 0 Å². The van der Waals surface area contributed by atoms with E-state index in [0.717, 1.165) is 0 Å². The molecule has 0 fully saturated rings. The van der Waals surface area contributed by atoms with Gasteiger partial charge in [0.25, 0.3) is 0 Å². The fourth-order valence-electron chi connectivity index (χ4n) is 2.65. The van der Waals surface area contributed by atoms with E-state index in [-0.39, 0.29) is 12.5 Å². The van der Waals surface area contributed by atoms with E-state index in [2.05, 4.69) is 16.0 Å². The Morgan fingerprint density at radius 1 is 1.04 bits per heavy atom. The molecular weight excluding hydrogens is 362 g/mol. The number of rotatable bonds is 4. The molecule has 0 spiro atoms. The first kappa shape index (κ1) is 19.3. The monoisotopic (exact) mass is 385 g/mol. The summed E-state index contributed by atoms with van der Waals surface area (Å²) in [4.78, 5) is 24.6. The van der Waals surface area contributed by atoms with Gasteiger partial charge in [-0.3, -0.25) is 4.79 Å². The second-order valence-corrected chi connectivity index (χ2v) is 6.99. The van der Waals surface area contributed by atoms with Crippen molar-refractivity contribution >= 4 is 29.0 Å². The minimum absolute atomic E-state index is 0.141. The van der Waals surface area contributed by atoms with Crippen LogP contribution in [0.2, 0.25) is 0 Å². The highest BCUT2D eigenvalue weighted by Crippen LogP contribution is 2.34. The second kappa shape index (κ2) is 7.67. The summed E-state index contributed by atoms with van der Waals surface area (Å²) in [6.07, 6.45) is 0. The summed E-state index contributed by atoms with van der Waals surface area (Å²) in [6, 6.07) is 9.70. The van der Waals surface area contributed by atoms with Gasteiger partial charge in [0.1, 0.15) is 12.4 Å². The molecule has 1 heterocycles. The molecule has 0 aliphatic carbocycles. The van der Waals surface area contributed by atoms with Gasteiger partial charge in [0.15, 0.2) is 11.5 Å². The van der Waals surface area contributed by atoms with Crippen LogP contribution in [-0.2, 0) is 4.79 Å². The van der Waals surface area contributed by atoms with E-state index < -0.39 is 11.4 Å². The normalized spacial score (nSPS) is 14.6. The van der Waals surface area contributed by atoms with E-state index in [4.69, 9.17) is 14.2 Å². The Labute approximate surface area is 163 Å². The first-order valence-corrected chi connectivity index (χ1v) is 8.71. The number of carbonyl (C=O) groups excluding carboxylic acids is 2. The Bertz CT molecular complexity index is 911. The van der Waals surface area contributed by atoms with Crippen molar-refractivity contribution in [2.75, 3.05) is 36.8 Å². The fraction of sp³-hybridized carbons (Fsp3) is 0.300. The van der Waals surface area contributed by atoms with Crippen LogP contribution in [0.15, 0.2) is 36.4 Å². The summed E-state index contributed by atoms with van der Waals surface area (Å²) in [5.41, 5.74) is 0.931. The van der Waals surface area contributed by atoms with Crippen molar-refractivity contribution in [1.29, 1.82) is 0 Å². The maximum Gasteiger partial charge on any atom is 0.323 e. The van der Waals surface area contributed by atoms with Crippen molar-refractivity contribution in [2.24, 2.45) is 5.41 Å².